The normalized spacial score (nSPS) is 30.4. The van der Waals surface area contributed by atoms with Crippen LogP contribution < -0.4 is 5.32 Å². The zero-order valence-corrected chi connectivity index (χ0v) is 10.0. The predicted molar refractivity (Wildman–Crippen MR) is 60.9 cm³/mol. The molecule has 1 saturated carbocycles. The van der Waals surface area contributed by atoms with Crippen molar-refractivity contribution in [2.24, 2.45) is 0 Å². The fourth-order valence-electron chi connectivity index (χ4n) is 3.20. The van der Waals surface area contributed by atoms with Crippen molar-refractivity contribution < 1.29 is 8.78 Å². The fourth-order valence-corrected chi connectivity index (χ4v) is 3.20. The monoisotopic (exact) mass is 232 g/mol. The molecule has 0 amide bonds. The van der Waals surface area contributed by atoms with E-state index in [0.29, 0.717) is 6.04 Å². The van der Waals surface area contributed by atoms with Gasteiger partial charge in [-0.15, -0.1) is 0 Å². The Morgan fingerprint density at radius 1 is 1.38 bits per heavy atom. The summed E-state index contributed by atoms with van der Waals surface area (Å²) in [4.78, 5) is 2.06. The van der Waals surface area contributed by atoms with Gasteiger partial charge in [-0.3, -0.25) is 4.90 Å². The third kappa shape index (κ3) is 2.38. The molecule has 2 fully saturated rings. The minimum Gasteiger partial charge on any atom is -0.311 e. The first-order valence-electron chi connectivity index (χ1n) is 6.43. The molecule has 1 aliphatic carbocycles. The van der Waals surface area contributed by atoms with Crippen LogP contribution in [0.4, 0.5) is 8.78 Å². The molecule has 2 nitrogen and oxygen atoms in total. The van der Waals surface area contributed by atoms with E-state index < -0.39 is 6.43 Å². The molecule has 16 heavy (non-hydrogen) atoms. The number of hydrogen-bond acceptors (Lipinski definition) is 2. The lowest BCUT2D eigenvalue weighted by atomic mass is 9.90. The third-order valence-electron chi connectivity index (χ3n) is 4.22. The van der Waals surface area contributed by atoms with Gasteiger partial charge in [0.15, 0.2) is 0 Å². The van der Waals surface area contributed by atoms with Gasteiger partial charge in [0.2, 0.25) is 0 Å². The lowest BCUT2D eigenvalue weighted by molar-refractivity contribution is -0.00781. The Labute approximate surface area is 96.4 Å². The maximum Gasteiger partial charge on any atom is 0.251 e. The molecule has 94 valence electrons. The summed E-state index contributed by atoms with van der Waals surface area (Å²) in [6.07, 6.45) is 3.38. The van der Waals surface area contributed by atoms with Crippen molar-refractivity contribution in [3.05, 3.63) is 0 Å². The van der Waals surface area contributed by atoms with Crippen molar-refractivity contribution in [2.75, 3.05) is 19.6 Å². The van der Waals surface area contributed by atoms with Crippen LogP contribution in [-0.2, 0) is 0 Å². The minimum atomic E-state index is -2.20. The lowest BCUT2D eigenvalue weighted by Gasteiger charge is -2.48. The molecule has 1 aliphatic heterocycles. The summed E-state index contributed by atoms with van der Waals surface area (Å²) < 4.78 is 25.2. The van der Waals surface area contributed by atoms with Crippen LogP contribution in [0, 0.1) is 0 Å². The second-order valence-corrected chi connectivity index (χ2v) is 5.21. The van der Waals surface area contributed by atoms with E-state index in [1.54, 1.807) is 0 Å². The molecule has 4 heteroatoms. The number of piperazine rings is 1. The summed E-state index contributed by atoms with van der Waals surface area (Å²) >= 11 is 0. The first-order chi connectivity index (χ1) is 7.66. The van der Waals surface area contributed by atoms with Gasteiger partial charge >= 0.3 is 0 Å². The number of rotatable bonds is 3. The highest BCUT2D eigenvalue weighted by atomic mass is 19.3. The van der Waals surface area contributed by atoms with Crippen LogP contribution in [0.1, 0.15) is 39.0 Å². The van der Waals surface area contributed by atoms with Gasteiger partial charge in [0.05, 0.1) is 6.54 Å². The molecule has 1 spiro atoms. The summed E-state index contributed by atoms with van der Waals surface area (Å²) in [6, 6.07) is 0.393. The van der Waals surface area contributed by atoms with Crippen molar-refractivity contribution >= 4 is 0 Å². The molecule has 2 rings (SSSR count). The number of alkyl halides is 2. The van der Waals surface area contributed by atoms with E-state index in [2.05, 4.69) is 17.1 Å². The molecule has 0 aromatic heterocycles. The highest BCUT2D eigenvalue weighted by Crippen LogP contribution is 2.37. The van der Waals surface area contributed by atoms with Gasteiger partial charge in [0.1, 0.15) is 0 Å². The molecular formula is C12H22F2N2. The quantitative estimate of drug-likeness (QED) is 0.803. The Bertz CT molecular complexity index is 227. The summed E-state index contributed by atoms with van der Waals surface area (Å²) in [5, 5.41) is 3.52. The van der Waals surface area contributed by atoms with Crippen molar-refractivity contribution in [1.82, 2.24) is 10.2 Å². The molecule has 1 heterocycles. The van der Waals surface area contributed by atoms with Crippen LogP contribution in [0.2, 0.25) is 0 Å². The number of nitrogens with one attached hydrogen (secondary N) is 1. The molecule has 0 bridgehead atoms. The van der Waals surface area contributed by atoms with E-state index >= 15 is 0 Å². The SMILES string of the molecule is CCC1CN(CC(F)F)C2(CCCC2)CN1. The Hall–Kier alpha value is -0.220. The molecule has 1 N–H and O–H groups in total. The van der Waals surface area contributed by atoms with Gasteiger partial charge in [-0.05, 0) is 19.3 Å². The maximum atomic E-state index is 12.6. The van der Waals surface area contributed by atoms with Gasteiger partial charge in [0, 0.05) is 24.7 Å². The van der Waals surface area contributed by atoms with Crippen LogP contribution in [0.3, 0.4) is 0 Å². The topological polar surface area (TPSA) is 15.3 Å². The summed E-state index contributed by atoms with van der Waals surface area (Å²) in [6.45, 7) is 3.77. The number of hydrogen-bond donors (Lipinski definition) is 1. The third-order valence-corrected chi connectivity index (χ3v) is 4.22. The van der Waals surface area contributed by atoms with Gasteiger partial charge < -0.3 is 5.32 Å². The van der Waals surface area contributed by atoms with Crippen LogP contribution in [0.25, 0.3) is 0 Å². The Balaban J connectivity index is 2.05. The molecule has 1 atom stereocenters. The molecule has 0 radical (unpaired) electrons. The van der Waals surface area contributed by atoms with Crippen LogP contribution in [0.15, 0.2) is 0 Å². The predicted octanol–water partition coefficient (Wildman–Crippen LogP) is 2.25. The van der Waals surface area contributed by atoms with Crippen LogP contribution in [-0.4, -0.2) is 42.5 Å². The number of nitrogens with zero attached hydrogens (tertiary/aromatic N) is 1. The average Bonchev–Trinajstić information content (AvgIpc) is 2.71. The highest BCUT2D eigenvalue weighted by molar-refractivity contribution is 5.01. The summed E-state index contributed by atoms with van der Waals surface area (Å²) in [5.74, 6) is 0. The maximum absolute atomic E-state index is 12.6. The van der Waals surface area contributed by atoms with E-state index in [1.165, 1.54) is 12.8 Å². The first-order valence-corrected chi connectivity index (χ1v) is 6.43. The fraction of sp³-hybridized carbons (Fsp3) is 1.00. The van der Waals surface area contributed by atoms with E-state index in [9.17, 15) is 8.78 Å². The van der Waals surface area contributed by atoms with Gasteiger partial charge in [-0.25, -0.2) is 8.78 Å². The van der Waals surface area contributed by atoms with E-state index in [-0.39, 0.29) is 12.1 Å². The molecule has 1 unspecified atom stereocenters. The Kier molecular flexibility index (Phi) is 3.80. The van der Waals surface area contributed by atoms with Gasteiger partial charge in [0.25, 0.3) is 6.43 Å². The second kappa shape index (κ2) is 4.96. The van der Waals surface area contributed by atoms with Crippen LogP contribution in [0.5, 0.6) is 0 Å². The summed E-state index contributed by atoms with van der Waals surface area (Å²) in [5.41, 5.74) is 0.0437. The van der Waals surface area contributed by atoms with E-state index in [0.717, 1.165) is 32.4 Å². The zero-order chi connectivity index (χ0) is 11.6. The van der Waals surface area contributed by atoms with Crippen molar-refractivity contribution in [3.63, 3.8) is 0 Å². The van der Waals surface area contributed by atoms with E-state index in [4.69, 9.17) is 0 Å². The largest absolute Gasteiger partial charge is 0.311 e. The number of halogens is 2. The van der Waals surface area contributed by atoms with Crippen LogP contribution >= 0.6 is 0 Å². The average molecular weight is 232 g/mol. The van der Waals surface area contributed by atoms with Crippen molar-refractivity contribution in [1.29, 1.82) is 0 Å². The second-order valence-electron chi connectivity index (χ2n) is 5.21. The standard InChI is InChI=1S/C12H22F2N2/c1-2-10-7-16(8-11(13)14)12(9-15-10)5-3-4-6-12/h10-11,15H,2-9H2,1H3. The molecular weight excluding hydrogens is 210 g/mol. The Morgan fingerprint density at radius 3 is 2.62 bits per heavy atom. The van der Waals surface area contributed by atoms with Gasteiger partial charge in [-0.2, -0.15) is 0 Å². The highest BCUT2D eigenvalue weighted by Gasteiger charge is 2.43. The summed E-state index contributed by atoms with van der Waals surface area (Å²) in [7, 11) is 0. The molecule has 1 saturated heterocycles. The lowest BCUT2D eigenvalue weighted by Crippen LogP contribution is -2.64. The molecule has 0 aromatic rings. The molecule has 2 aliphatic rings. The van der Waals surface area contributed by atoms with Crippen molar-refractivity contribution in [2.45, 2.75) is 57.0 Å². The smallest absolute Gasteiger partial charge is 0.251 e. The zero-order valence-electron chi connectivity index (χ0n) is 10.0. The first kappa shape index (κ1) is 12.2. The van der Waals surface area contributed by atoms with Crippen molar-refractivity contribution in [3.8, 4) is 0 Å². The molecule has 0 aromatic carbocycles. The minimum absolute atomic E-state index is 0.0435. The van der Waals surface area contributed by atoms with E-state index in [1.807, 2.05) is 0 Å². The van der Waals surface area contributed by atoms with Gasteiger partial charge in [-0.1, -0.05) is 19.8 Å². The Morgan fingerprint density at radius 2 is 2.06 bits per heavy atom.